The van der Waals surface area contributed by atoms with E-state index >= 15 is 0 Å². The fourth-order valence-electron chi connectivity index (χ4n) is 4.36. The number of carboxylic acids is 1. The molecule has 1 atom stereocenters. The molecule has 0 spiro atoms. The lowest BCUT2D eigenvalue weighted by atomic mass is 9.98. The second kappa shape index (κ2) is 12.8. The van der Waals surface area contributed by atoms with Crippen LogP contribution in [0.15, 0.2) is 48.5 Å². The zero-order valence-electron chi connectivity index (χ0n) is 19.7. The molecule has 3 rings (SSSR count). The molecule has 1 aliphatic rings. The highest BCUT2D eigenvalue weighted by Gasteiger charge is 2.28. The van der Waals surface area contributed by atoms with Crippen LogP contribution >= 0.6 is 0 Å². The van der Waals surface area contributed by atoms with E-state index in [9.17, 15) is 19.5 Å². The molecule has 0 aliphatic heterocycles. The van der Waals surface area contributed by atoms with Gasteiger partial charge < -0.3 is 20.5 Å². The molecule has 0 saturated heterocycles. The molecule has 0 heterocycles. The number of nitrogens with one attached hydrogen (secondary N) is 2. The molecule has 0 saturated carbocycles. The number of alkyl carbamates (subject to hydrolysis) is 1. The van der Waals surface area contributed by atoms with Gasteiger partial charge in [-0.05, 0) is 41.5 Å². The Balaban J connectivity index is 1.32. The zero-order valence-corrected chi connectivity index (χ0v) is 19.7. The smallest absolute Gasteiger partial charge is 0.407 e. The number of aliphatic carboxylic acids is 1. The summed E-state index contributed by atoms with van der Waals surface area (Å²) in [6.45, 7) is 2.73. The summed E-state index contributed by atoms with van der Waals surface area (Å²) in [6.07, 6.45) is 4.04. The van der Waals surface area contributed by atoms with Crippen molar-refractivity contribution < 1.29 is 24.2 Å². The summed E-state index contributed by atoms with van der Waals surface area (Å²) in [5, 5.41) is 14.5. The van der Waals surface area contributed by atoms with E-state index in [0.717, 1.165) is 25.7 Å². The lowest BCUT2D eigenvalue weighted by Gasteiger charge is -2.15. The predicted molar refractivity (Wildman–Crippen MR) is 131 cm³/mol. The molecule has 2 aromatic rings. The molecule has 0 unspecified atom stereocenters. The number of fused-ring (bicyclic) bond motifs is 3. The van der Waals surface area contributed by atoms with Crippen LogP contribution in [-0.2, 0) is 14.3 Å². The van der Waals surface area contributed by atoms with Gasteiger partial charge in [0, 0.05) is 18.9 Å². The van der Waals surface area contributed by atoms with E-state index in [-0.39, 0.29) is 24.9 Å². The molecule has 182 valence electrons. The van der Waals surface area contributed by atoms with Crippen LogP contribution in [0.5, 0.6) is 0 Å². The van der Waals surface area contributed by atoms with Crippen molar-refractivity contribution in [3.8, 4) is 11.1 Å². The molecule has 0 fully saturated rings. The van der Waals surface area contributed by atoms with E-state index in [4.69, 9.17) is 4.74 Å². The number of carbonyl (C=O) groups excluding carboxylic acids is 2. The maximum Gasteiger partial charge on any atom is 0.407 e. The molecule has 0 radical (unpaired) electrons. The summed E-state index contributed by atoms with van der Waals surface area (Å²) in [5.74, 6) is -1.20. The van der Waals surface area contributed by atoms with E-state index in [1.807, 2.05) is 31.2 Å². The average Bonchev–Trinajstić information content (AvgIpc) is 3.16. The predicted octanol–water partition coefficient (Wildman–Crippen LogP) is 4.85. The van der Waals surface area contributed by atoms with Gasteiger partial charge in [0.25, 0.3) is 0 Å². The monoisotopic (exact) mass is 466 g/mol. The van der Waals surface area contributed by atoms with Crippen LogP contribution in [0.3, 0.4) is 0 Å². The van der Waals surface area contributed by atoms with Gasteiger partial charge in [-0.2, -0.15) is 0 Å². The highest BCUT2D eigenvalue weighted by molar-refractivity contribution is 5.83. The van der Waals surface area contributed by atoms with Gasteiger partial charge in [-0.25, -0.2) is 9.59 Å². The van der Waals surface area contributed by atoms with Gasteiger partial charge >= 0.3 is 12.1 Å². The maximum absolute atomic E-state index is 12.2. The number of rotatable bonds is 13. The van der Waals surface area contributed by atoms with Crippen LogP contribution in [0.4, 0.5) is 4.79 Å². The summed E-state index contributed by atoms with van der Waals surface area (Å²) in [5.41, 5.74) is 4.73. The highest BCUT2D eigenvalue weighted by Crippen LogP contribution is 2.44. The van der Waals surface area contributed by atoms with Gasteiger partial charge in [0.15, 0.2) is 0 Å². The Kier molecular flexibility index (Phi) is 9.50. The number of unbranched alkanes of at least 4 members (excludes halogenated alkanes) is 3. The number of hydrogen-bond donors (Lipinski definition) is 3. The second-order valence-electron chi connectivity index (χ2n) is 8.66. The first-order valence-electron chi connectivity index (χ1n) is 12.1. The van der Waals surface area contributed by atoms with Crippen molar-refractivity contribution in [2.24, 2.45) is 0 Å². The van der Waals surface area contributed by atoms with E-state index in [1.54, 1.807) is 0 Å². The lowest BCUT2D eigenvalue weighted by Crippen LogP contribution is -2.40. The molecule has 34 heavy (non-hydrogen) atoms. The minimum atomic E-state index is -0.992. The minimum Gasteiger partial charge on any atom is -0.480 e. The van der Waals surface area contributed by atoms with Crippen LogP contribution in [0, 0.1) is 0 Å². The van der Waals surface area contributed by atoms with Crippen molar-refractivity contribution >= 4 is 18.0 Å². The van der Waals surface area contributed by atoms with Gasteiger partial charge in [-0.15, -0.1) is 0 Å². The van der Waals surface area contributed by atoms with E-state index in [1.165, 1.54) is 22.3 Å². The van der Waals surface area contributed by atoms with E-state index in [0.29, 0.717) is 19.4 Å². The van der Waals surface area contributed by atoms with E-state index < -0.39 is 18.1 Å². The second-order valence-corrected chi connectivity index (χ2v) is 8.66. The van der Waals surface area contributed by atoms with Gasteiger partial charge in [-0.3, -0.25) is 4.79 Å². The molecule has 7 heteroatoms. The van der Waals surface area contributed by atoms with Gasteiger partial charge in [-0.1, -0.05) is 74.7 Å². The van der Waals surface area contributed by atoms with Crippen LogP contribution in [0.2, 0.25) is 0 Å². The third-order valence-corrected chi connectivity index (χ3v) is 6.17. The quantitative estimate of drug-likeness (QED) is 0.366. The number of amides is 2. The molecular weight excluding hydrogens is 432 g/mol. The molecule has 1 aliphatic carbocycles. The van der Waals surface area contributed by atoms with Crippen molar-refractivity contribution in [3.63, 3.8) is 0 Å². The Bertz CT molecular complexity index is 945. The van der Waals surface area contributed by atoms with Crippen LogP contribution < -0.4 is 10.6 Å². The average molecular weight is 467 g/mol. The topological polar surface area (TPSA) is 105 Å². The van der Waals surface area contributed by atoms with Crippen molar-refractivity contribution in [3.05, 3.63) is 59.7 Å². The largest absolute Gasteiger partial charge is 0.480 e. The van der Waals surface area contributed by atoms with Crippen LogP contribution in [-0.4, -0.2) is 42.3 Å². The molecule has 2 aromatic carbocycles. The molecular formula is C27H34N2O5. The van der Waals surface area contributed by atoms with Crippen molar-refractivity contribution in [1.82, 2.24) is 10.6 Å². The summed E-state index contributed by atoms with van der Waals surface area (Å²) in [7, 11) is 0. The Morgan fingerprint density at radius 1 is 0.941 bits per heavy atom. The third-order valence-electron chi connectivity index (χ3n) is 6.17. The SMILES string of the molecule is CCCC[C@H](NC(=O)CCCCCNC(=O)OCC1c2ccccc2-c2ccccc21)C(=O)O. The standard InChI is InChI=1S/C27H34N2O5/c1-2-3-15-24(26(31)32)29-25(30)16-5-4-10-17-28-27(33)34-18-23-21-13-8-6-11-19(21)20-12-7-9-14-22(20)23/h6-9,11-14,23-24H,2-5,10,15-18H2,1H3,(H,28,33)(H,29,30)(H,31,32)/t24-/m0/s1. The Morgan fingerprint density at radius 2 is 1.59 bits per heavy atom. The number of ether oxygens (including phenoxy) is 1. The number of carboxylic acid groups (broad SMARTS) is 1. The Hall–Kier alpha value is -3.35. The van der Waals surface area contributed by atoms with Crippen molar-refractivity contribution in [2.75, 3.05) is 13.2 Å². The zero-order chi connectivity index (χ0) is 24.3. The maximum atomic E-state index is 12.2. The molecule has 0 bridgehead atoms. The first kappa shape index (κ1) is 25.3. The normalized spacial score (nSPS) is 13.0. The van der Waals surface area contributed by atoms with Gasteiger partial charge in [0.05, 0.1) is 0 Å². The molecule has 7 nitrogen and oxygen atoms in total. The fourth-order valence-corrected chi connectivity index (χ4v) is 4.36. The number of hydrogen-bond acceptors (Lipinski definition) is 4. The fraction of sp³-hybridized carbons (Fsp3) is 0.444. The van der Waals surface area contributed by atoms with Crippen LogP contribution in [0.25, 0.3) is 11.1 Å². The van der Waals surface area contributed by atoms with Crippen molar-refractivity contribution in [2.45, 2.75) is 63.8 Å². The molecule has 0 aromatic heterocycles. The minimum absolute atomic E-state index is 0.0311. The highest BCUT2D eigenvalue weighted by atomic mass is 16.5. The summed E-state index contributed by atoms with van der Waals surface area (Å²) >= 11 is 0. The summed E-state index contributed by atoms with van der Waals surface area (Å²) < 4.78 is 5.51. The van der Waals surface area contributed by atoms with Gasteiger partial charge in [0.2, 0.25) is 5.91 Å². The summed E-state index contributed by atoms with van der Waals surface area (Å²) in [6, 6.07) is 15.6. The summed E-state index contributed by atoms with van der Waals surface area (Å²) in [4.78, 5) is 35.4. The van der Waals surface area contributed by atoms with Crippen molar-refractivity contribution in [1.29, 1.82) is 0 Å². The third kappa shape index (κ3) is 6.83. The molecule has 3 N–H and O–H groups in total. The van der Waals surface area contributed by atoms with Crippen LogP contribution in [0.1, 0.15) is 68.9 Å². The first-order chi connectivity index (χ1) is 16.5. The number of benzene rings is 2. The number of carbonyl (C=O) groups is 3. The first-order valence-corrected chi connectivity index (χ1v) is 12.1. The Morgan fingerprint density at radius 3 is 2.21 bits per heavy atom. The van der Waals surface area contributed by atoms with Gasteiger partial charge in [0.1, 0.15) is 12.6 Å². The lowest BCUT2D eigenvalue weighted by molar-refractivity contribution is -0.142. The van der Waals surface area contributed by atoms with E-state index in [2.05, 4.69) is 34.9 Å². The molecule has 2 amide bonds. The Labute approximate surface area is 200 Å².